The van der Waals surface area contributed by atoms with Gasteiger partial charge in [0.2, 0.25) is 0 Å². The summed E-state index contributed by atoms with van der Waals surface area (Å²) in [6.07, 6.45) is 5.04. The first-order chi connectivity index (χ1) is 9.19. The molecule has 0 atom stereocenters. The van der Waals surface area contributed by atoms with Gasteiger partial charge in [0.15, 0.2) is 0 Å². The van der Waals surface area contributed by atoms with Crippen LogP contribution < -0.4 is 11.3 Å². The second-order valence-corrected chi connectivity index (χ2v) is 5.75. The molecule has 0 radical (unpaired) electrons. The Kier molecular flexibility index (Phi) is 3.33. The SMILES string of the molecule is Cc1cc2c(NN)cc(C3CCCC3)nc2cc1Cl. The highest BCUT2D eigenvalue weighted by molar-refractivity contribution is 6.32. The lowest BCUT2D eigenvalue weighted by Gasteiger charge is -2.14. The van der Waals surface area contributed by atoms with Gasteiger partial charge in [-0.05, 0) is 43.5 Å². The van der Waals surface area contributed by atoms with Crippen LogP contribution >= 0.6 is 11.6 Å². The van der Waals surface area contributed by atoms with Gasteiger partial charge >= 0.3 is 0 Å². The van der Waals surface area contributed by atoms with Gasteiger partial charge in [0.25, 0.3) is 0 Å². The lowest BCUT2D eigenvalue weighted by molar-refractivity contribution is 0.701. The highest BCUT2D eigenvalue weighted by Gasteiger charge is 2.20. The fourth-order valence-corrected chi connectivity index (χ4v) is 3.08. The first kappa shape index (κ1) is 12.7. The minimum atomic E-state index is 0.566. The largest absolute Gasteiger partial charge is 0.323 e. The summed E-state index contributed by atoms with van der Waals surface area (Å²) >= 11 is 6.20. The van der Waals surface area contributed by atoms with Crippen molar-refractivity contribution >= 4 is 28.2 Å². The molecule has 1 aromatic carbocycles. The van der Waals surface area contributed by atoms with Crippen molar-refractivity contribution in [3.63, 3.8) is 0 Å². The van der Waals surface area contributed by atoms with E-state index in [1.54, 1.807) is 0 Å². The number of nitrogens with two attached hydrogens (primary N) is 1. The Bertz CT molecular complexity index is 618. The molecule has 0 spiro atoms. The number of hydrogen-bond acceptors (Lipinski definition) is 3. The molecule has 1 aliphatic carbocycles. The molecule has 0 saturated heterocycles. The van der Waals surface area contributed by atoms with E-state index in [1.807, 2.05) is 19.1 Å². The summed E-state index contributed by atoms with van der Waals surface area (Å²) in [5, 5.41) is 1.79. The molecule has 19 heavy (non-hydrogen) atoms. The second kappa shape index (κ2) is 4.99. The first-order valence-corrected chi connectivity index (χ1v) is 7.14. The molecule has 1 aliphatic rings. The molecule has 3 rings (SSSR count). The van der Waals surface area contributed by atoms with Crippen LogP contribution in [0.25, 0.3) is 10.9 Å². The third kappa shape index (κ3) is 2.28. The van der Waals surface area contributed by atoms with E-state index >= 15 is 0 Å². The zero-order valence-electron chi connectivity index (χ0n) is 11.0. The molecule has 0 aliphatic heterocycles. The quantitative estimate of drug-likeness (QED) is 0.640. The third-order valence-electron chi connectivity index (χ3n) is 4.04. The Labute approximate surface area is 118 Å². The van der Waals surface area contributed by atoms with Gasteiger partial charge in [-0.25, -0.2) is 0 Å². The lowest BCUT2D eigenvalue weighted by Crippen LogP contribution is -2.09. The summed E-state index contributed by atoms with van der Waals surface area (Å²) in [5.41, 5.74) is 6.84. The number of halogens is 1. The summed E-state index contributed by atoms with van der Waals surface area (Å²) in [6, 6.07) is 6.06. The molecule has 1 saturated carbocycles. The van der Waals surface area contributed by atoms with Crippen LogP contribution in [0.5, 0.6) is 0 Å². The van der Waals surface area contributed by atoms with Crippen molar-refractivity contribution in [2.75, 3.05) is 5.43 Å². The van der Waals surface area contributed by atoms with Crippen LogP contribution in [0.2, 0.25) is 5.02 Å². The molecule has 1 aromatic heterocycles. The fraction of sp³-hybridized carbons (Fsp3) is 0.400. The van der Waals surface area contributed by atoms with E-state index in [2.05, 4.69) is 11.5 Å². The molecule has 2 aromatic rings. The van der Waals surface area contributed by atoms with Gasteiger partial charge in [-0.15, -0.1) is 0 Å². The molecule has 1 heterocycles. The van der Waals surface area contributed by atoms with E-state index in [9.17, 15) is 0 Å². The monoisotopic (exact) mass is 275 g/mol. The van der Waals surface area contributed by atoms with Gasteiger partial charge in [-0.1, -0.05) is 24.4 Å². The minimum Gasteiger partial charge on any atom is -0.323 e. The second-order valence-electron chi connectivity index (χ2n) is 5.34. The Morgan fingerprint density at radius 3 is 2.68 bits per heavy atom. The highest BCUT2D eigenvalue weighted by atomic mass is 35.5. The number of nitrogens with zero attached hydrogens (tertiary/aromatic N) is 1. The number of pyridine rings is 1. The highest BCUT2D eigenvalue weighted by Crippen LogP contribution is 2.36. The van der Waals surface area contributed by atoms with E-state index in [0.717, 1.165) is 32.9 Å². The van der Waals surface area contributed by atoms with E-state index < -0.39 is 0 Å². The molecule has 3 nitrogen and oxygen atoms in total. The molecular weight excluding hydrogens is 258 g/mol. The average Bonchev–Trinajstić information content (AvgIpc) is 2.93. The standard InChI is InChI=1S/C15H18ClN3/c1-9-6-11-14(7-12(9)16)18-13(8-15(11)19-17)10-4-2-3-5-10/h6-8,10H,2-5,17H2,1H3,(H,18,19). The minimum absolute atomic E-state index is 0.566. The molecule has 1 fully saturated rings. The van der Waals surface area contributed by atoms with Crippen molar-refractivity contribution in [3.8, 4) is 0 Å². The molecule has 0 unspecified atom stereocenters. The maximum atomic E-state index is 6.20. The average molecular weight is 276 g/mol. The summed E-state index contributed by atoms with van der Waals surface area (Å²) in [4.78, 5) is 4.79. The van der Waals surface area contributed by atoms with Crippen molar-refractivity contribution in [2.24, 2.45) is 5.84 Å². The molecular formula is C15H18ClN3. The molecule has 3 N–H and O–H groups in total. The van der Waals surface area contributed by atoms with Crippen molar-refractivity contribution in [1.82, 2.24) is 4.98 Å². The zero-order valence-corrected chi connectivity index (χ0v) is 11.8. The maximum Gasteiger partial charge on any atom is 0.0741 e. The number of aryl methyl sites for hydroxylation is 1. The molecule has 0 bridgehead atoms. The number of hydrogen-bond donors (Lipinski definition) is 2. The molecule has 100 valence electrons. The van der Waals surface area contributed by atoms with Crippen LogP contribution in [-0.2, 0) is 0 Å². The number of anilines is 1. The number of nitrogen functional groups attached to an aromatic ring is 1. The van der Waals surface area contributed by atoms with E-state index in [4.69, 9.17) is 22.4 Å². The number of rotatable bonds is 2. The number of hydrazine groups is 1. The third-order valence-corrected chi connectivity index (χ3v) is 4.45. The van der Waals surface area contributed by atoms with Crippen LogP contribution in [-0.4, -0.2) is 4.98 Å². The van der Waals surface area contributed by atoms with Gasteiger partial charge < -0.3 is 5.43 Å². The van der Waals surface area contributed by atoms with Gasteiger partial charge in [-0.2, -0.15) is 0 Å². The Balaban J connectivity index is 2.18. The van der Waals surface area contributed by atoms with Crippen LogP contribution in [0.1, 0.15) is 42.9 Å². The van der Waals surface area contributed by atoms with Gasteiger partial charge in [0.1, 0.15) is 0 Å². The molecule has 4 heteroatoms. The van der Waals surface area contributed by atoms with Gasteiger partial charge in [-0.3, -0.25) is 10.8 Å². The topological polar surface area (TPSA) is 50.9 Å². The van der Waals surface area contributed by atoms with Crippen LogP contribution in [0.15, 0.2) is 18.2 Å². The van der Waals surface area contributed by atoms with E-state index in [-0.39, 0.29) is 0 Å². The first-order valence-electron chi connectivity index (χ1n) is 6.76. The summed E-state index contributed by atoms with van der Waals surface area (Å²) in [6.45, 7) is 1.99. The predicted octanol–water partition coefficient (Wildman–Crippen LogP) is 4.14. The summed E-state index contributed by atoms with van der Waals surface area (Å²) in [5.74, 6) is 6.23. The van der Waals surface area contributed by atoms with Crippen molar-refractivity contribution in [3.05, 3.63) is 34.5 Å². The van der Waals surface area contributed by atoms with Crippen molar-refractivity contribution in [2.45, 2.75) is 38.5 Å². The summed E-state index contributed by atoms with van der Waals surface area (Å²) in [7, 11) is 0. The Morgan fingerprint density at radius 2 is 2.00 bits per heavy atom. The molecule has 0 amide bonds. The number of aromatic nitrogens is 1. The van der Waals surface area contributed by atoms with Crippen LogP contribution in [0.3, 0.4) is 0 Å². The van der Waals surface area contributed by atoms with Gasteiger partial charge in [0.05, 0.1) is 11.2 Å². The normalized spacial score (nSPS) is 16.2. The van der Waals surface area contributed by atoms with Crippen LogP contribution in [0.4, 0.5) is 5.69 Å². The van der Waals surface area contributed by atoms with Crippen molar-refractivity contribution in [1.29, 1.82) is 0 Å². The summed E-state index contributed by atoms with van der Waals surface area (Å²) < 4.78 is 0. The van der Waals surface area contributed by atoms with E-state index in [0.29, 0.717) is 5.92 Å². The Morgan fingerprint density at radius 1 is 1.26 bits per heavy atom. The fourth-order valence-electron chi connectivity index (χ4n) is 2.93. The predicted molar refractivity (Wildman–Crippen MR) is 80.5 cm³/mol. The van der Waals surface area contributed by atoms with Gasteiger partial charge in [0, 0.05) is 22.0 Å². The van der Waals surface area contributed by atoms with E-state index in [1.165, 1.54) is 25.7 Å². The maximum absolute atomic E-state index is 6.20. The van der Waals surface area contributed by atoms with Crippen LogP contribution in [0, 0.1) is 6.92 Å². The lowest BCUT2D eigenvalue weighted by atomic mass is 10.0. The number of fused-ring (bicyclic) bond motifs is 1. The number of benzene rings is 1. The number of nitrogens with one attached hydrogen (secondary N) is 1. The smallest absolute Gasteiger partial charge is 0.0741 e. The Hall–Kier alpha value is -1.32. The van der Waals surface area contributed by atoms with Crippen molar-refractivity contribution < 1.29 is 0 Å². The zero-order chi connectivity index (χ0) is 13.4.